The number of nitrogens with zero attached hydrogens (tertiary/aromatic N) is 1. The summed E-state index contributed by atoms with van der Waals surface area (Å²) in [7, 11) is 3.40. The molecule has 0 aliphatic rings. The fourth-order valence-corrected chi connectivity index (χ4v) is 2.43. The molecule has 2 aromatic rings. The number of hydrogen-bond donors (Lipinski definition) is 1. The Hall–Kier alpha value is -2.21. The minimum Gasteiger partial charge on any atom is -0.456 e. The van der Waals surface area contributed by atoms with Gasteiger partial charge in [0, 0.05) is 31.1 Å². The van der Waals surface area contributed by atoms with Gasteiger partial charge < -0.3 is 14.6 Å². The van der Waals surface area contributed by atoms with Crippen molar-refractivity contribution in [3.05, 3.63) is 47.9 Å². The first kappa shape index (κ1) is 16.2. The van der Waals surface area contributed by atoms with Gasteiger partial charge in [0.2, 0.25) is 0 Å². The lowest BCUT2D eigenvalue weighted by atomic mass is 10.3. The van der Waals surface area contributed by atoms with Crippen LogP contribution in [0.3, 0.4) is 0 Å². The van der Waals surface area contributed by atoms with Gasteiger partial charge >= 0.3 is 0 Å². The Morgan fingerprint density at radius 1 is 1.23 bits per heavy atom. The van der Waals surface area contributed by atoms with E-state index in [2.05, 4.69) is 5.32 Å². The van der Waals surface area contributed by atoms with E-state index in [0.717, 1.165) is 28.8 Å². The number of amides is 2. The highest BCUT2D eigenvalue weighted by atomic mass is 32.2. The van der Waals surface area contributed by atoms with Crippen LogP contribution in [0.2, 0.25) is 0 Å². The molecule has 0 fully saturated rings. The van der Waals surface area contributed by atoms with Crippen LogP contribution in [0, 0.1) is 0 Å². The molecule has 6 heteroatoms. The lowest BCUT2D eigenvalue weighted by Crippen LogP contribution is -2.16. The highest BCUT2D eigenvalue weighted by Gasteiger charge is 2.12. The van der Waals surface area contributed by atoms with E-state index in [1.807, 2.05) is 13.0 Å². The molecule has 0 aliphatic carbocycles. The zero-order valence-corrected chi connectivity index (χ0v) is 13.6. The second kappa shape index (κ2) is 7.17. The summed E-state index contributed by atoms with van der Waals surface area (Å²) in [6.45, 7) is 1.96. The quantitative estimate of drug-likeness (QED) is 0.869. The van der Waals surface area contributed by atoms with Crippen LogP contribution in [-0.4, -0.2) is 30.1 Å². The van der Waals surface area contributed by atoms with Gasteiger partial charge in [0.05, 0.1) is 0 Å². The average molecular weight is 318 g/mol. The first-order chi connectivity index (χ1) is 10.5. The van der Waals surface area contributed by atoms with Gasteiger partial charge in [0.15, 0.2) is 5.76 Å². The number of carbonyl (C=O) groups excluding carboxylic acids is 2. The maximum Gasteiger partial charge on any atom is 0.291 e. The molecule has 0 saturated heterocycles. The van der Waals surface area contributed by atoms with Crippen molar-refractivity contribution < 1.29 is 14.0 Å². The van der Waals surface area contributed by atoms with Crippen molar-refractivity contribution in [2.45, 2.75) is 18.2 Å². The predicted octanol–water partition coefficient (Wildman–Crippen LogP) is 3.87. The van der Waals surface area contributed by atoms with E-state index in [9.17, 15) is 9.59 Å². The fourth-order valence-electron chi connectivity index (χ4n) is 1.71. The molecule has 0 aliphatic heterocycles. The molecule has 22 heavy (non-hydrogen) atoms. The van der Waals surface area contributed by atoms with Crippen molar-refractivity contribution in [2.24, 2.45) is 0 Å². The zero-order valence-electron chi connectivity index (χ0n) is 12.8. The van der Waals surface area contributed by atoms with Gasteiger partial charge in [-0.2, -0.15) is 0 Å². The number of benzene rings is 1. The van der Waals surface area contributed by atoms with Crippen LogP contribution in [0.4, 0.5) is 10.5 Å². The lowest BCUT2D eigenvalue weighted by Gasteiger charge is -2.10. The van der Waals surface area contributed by atoms with E-state index >= 15 is 0 Å². The van der Waals surface area contributed by atoms with Crippen molar-refractivity contribution in [3.63, 3.8) is 0 Å². The minimum atomic E-state index is -0.305. The third-order valence-electron chi connectivity index (χ3n) is 2.90. The molecule has 1 heterocycles. The van der Waals surface area contributed by atoms with Gasteiger partial charge in [-0.1, -0.05) is 13.0 Å². The van der Waals surface area contributed by atoms with Crippen LogP contribution >= 0.6 is 11.8 Å². The van der Waals surface area contributed by atoms with Crippen LogP contribution in [0.1, 0.15) is 23.2 Å². The maximum absolute atomic E-state index is 12.1. The minimum absolute atomic E-state index is 0.0675. The topological polar surface area (TPSA) is 62.6 Å². The number of furan rings is 1. The van der Waals surface area contributed by atoms with Crippen molar-refractivity contribution in [2.75, 3.05) is 19.4 Å². The Morgan fingerprint density at radius 2 is 2.00 bits per heavy atom. The van der Waals surface area contributed by atoms with Gasteiger partial charge in [-0.25, -0.2) is 0 Å². The molecular weight excluding hydrogens is 300 g/mol. The summed E-state index contributed by atoms with van der Waals surface area (Å²) in [6, 6.07) is 10.6. The summed E-state index contributed by atoms with van der Waals surface area (Å²) in [4.78, 5) is 26.1. The summed E-state index contributed by atoms with van der Waals surface area (Å²) in [5, 5.41) is 2.70. The van der Waals surface area contributed by atoms with E-state index in [1.165, 1.54) is 4.90 Å². The summed E-state index contributed by atoms with van der Waals surface area (Å²) < 4.78 is 5.42. The van der Waals surface area contributed by atoms with Crippen molar-refractivity contribution >= 4 is 28.6 Å². The Morgan fingerprint density at radius 3 is 2.64 bits per heavy atom. The smallest absolute Gasteiger partial charge is 0.291 e. The third-order valence-corrected chi connectivity index (χ3v) is 3.93. The molecule has 0 saturated carbocycles. The Balaban J connectivity index is 2.06. The second-order valence-corrected chi connectivity index (χ2v) is 5.89. The standard InChI is InChI=1S/C16H18N2O3S/c1-4-12-8-9-14(21-12)15(19)17-11-6-5-7-13(10-11)22-16(20)18(2)3/h5-10H,4H2,1-3H3,(H,17,19). The molecule has 116 valence electrons. The number of thioether (sulfide) groups is 1. The summed E-state index contributed by atoms with van der Waals surface area (Å²) >= 11 is 1.11. The molecule has 5 nitrogen and oxygen atoms in total. The second-order valence-electron chi connectivity index (χ2n) is 4.86. The molecule has 1 N–H and O–H groups in total. The SMILES string of the molecule is CCc1ccc(C(=O)Nc2cccc(SC(=O)N(C)C)c2)o1. The molecule has 1 aromatic carbocycles. The Kier molecular flexibility index (Phi) is 5.27. The fraction of sp³-hybridized carbons (Fsp3) is 0.250. The van der Waals surface area contributed by atoms with Crippen molar-refractivity contribution in [1.82, 2.24) is 4.90 Å². The van der Waals surface area contributed by atoms with Gasteiger partial charge in [-0.15, -0.1) is 0 Å². The van der Waals surface area contributed by atoms with E-state index in [-0.39, 0.29) is 16.9 Å². The van der Waals surface area contributed by atoms with Crippen LogP contribution in [-0.2, 0) is 6.42 Å². The zero-order chi connectivity index (χ0) is 16.1. The van der Waals surface area contributed by atoms with Crippen LogP contribution in [0.15, 0.2) is 45.7 Å². The number of nitrogens with one attached hydrogen (secondary N) is 1. The molecule has 1 aromatic heterocycles. The van der Waals surface area contributed by atoms with Gasteiger partial charge in [-0.3, -0.25) is 9.59 Å². The number of rotatable bonds is 4. The lowest BCUT2D eigenvalue weighted by molar-refractivity contribution is 0.0995. The van der Waals surface area contributed by atoms with Gasteiger partial charge in [0.25, 0.3) is 11.1 Å². The van der Waals surface area contributed by atoms with E-state index in [4.69, 9.17) is 4.42 Å². The monoisotopic (exact) mass is 318 g/mol. The van der Waals surface area contributed by atoms with Crippen molar-refractivity contribution in [1.29, 1.82) is 0 Å². The number of carbonyl (C=O) groups is 2. The number of hydrogen-bond acceptors (Lipinski definition) is 4. The molecule has 0 spiro atoms. The van der Waals surface area contributed by atoms with Crippen LogP contribution in [0.25, 0.3) is 0 Å². The molecule has 2 amide bonds. The van der Waals surface area contributed by atoms with Gasteiger partial charge in [0.1, 0.15) is 5.76 Å². The molecule has 2 rings (SSSR count). The molecular formula is C16H18N2O3S. The van der Waals surface area contributed by atoms with E-state index in [0.29, 0.717) is 5.69 Å². The Bertz CT molecular complexity index is 680. The first-order valence-electron chi connectivity index (χ1n) is 6.89. The summed E-state index contributed by atoms with van der Waals surface area (Å²) in [5.74, 6) is 0.742. The number of anilines is 1. The molecule has 0 bridgehead atoms. The highest BCUT2D eigenvalue weighted by Crippen LogP contribution is 2.24. The largest absolute Gasteiger partial charge is 0.456 e. The summed E-state index contributed by atoms with van der Waals surface area (Å²) in [6.07, 6.45) is 0.742. The normalized spacial score (nSPS) is 10.3. The van der Waals surface area contributed by atoms with Gasteiger partial charge in [-0.05, 0) is 42.1 Å². The van der Waals surface area contributed by atoms with E-state index < -0.39 is 0 Å². The molecule has 0 radical (unpaired) electrons. The summed E-state index contributed by atoms with van der Waals surface area (Å²) in [5.41, 5.74) is 0.621. The third kappa shape index (κ3) is 4.14. The molecule has 0 unspecified atom stereocenters. The number of aryl methyl sites for hydroxylation is 1. The highest BCUT2D eigenvalue weighted by molar-refractivity contribution is 8.13. The van der Waals surface area contributed by atoms with Crippen LogP contribution < -0.4 is 5.32 Å². The first-order valence-corrected chi connectivity index (χ1v) is 7.70. The Labute approximate surface area is 133 Å². The predicted molar refractivity (Wildman–Crippen MR) is 87.4 cm³/mol. The molecule has 0 atom stereocenters. The van der Waals surface area contributed by atoms with Crippen molar-refractivity contribution in [3.8, 4) is 0 Å². The average Bonchev–Trinajstić information content (AvgIpc) is 2.96. The maximum atomic E-state index is 12.1. The van der Waals surface area contributed by atoms with E-state index in [1.54, 1.807) is 44.4 Å². The van der Waals surface area contributed by atoms with Crippen LogP contribution in [0.5, 0.6) is 0 Å².